The van der Waals surface area contributed by atoms with E-state index in [1.165, 1.54) is 0 Å². The number of hydrogen-bond donors (Lipinski definition) is 2. The number of aromatic amines is 1. The van der Waals surface area contributed by atoms with Crippen molar-refractivity contribution >= 4 is 15.9 Å². The predicted octanol–water partition coefficient (Wildman–Crippen LogP) is 3.21. The fourth-order valence-electron chi connectivity index (χ4n) is 1.74. The Kier molecular flexibility index (Phi) is 3.64. The topological polar surface area (TPSA) is 54.7 Å². The number of halogens is 1. The minimum absolute atomic E-state index is 0.255. The molecule has 4 heteroatoms. The Morgan fingerprint density at radius 2 is 2.12 bits per heavy atom. The molecular weight excluding hydrogens is 278 g/mol. The summed E-state index contributed by atoms with van der Waals surface area (Å²) >= 11 is 3.55. The summed E-state index contributed by atoms with van der Waals surface area (Å²) in [6.45, 7) is 4.71. The first-order valence-electron chi connectivity index (χ1n) is 5.65. The summed E-state index contributed by atoms with van der Waals surface area (Å²) in [6, 6.07) is 8.10. The van der Waals surface area contributed by atoms with Gasteiger partial charge in [0.05, 0.1) is 5.69 Å². The Hall–Kier alpha value is -1.13. The Balaban J connectivity index is 2.47. The molecule has 90 valence electrons. The smallest absolute Gasteiger partial charge is 0.111 e. The van der Waals surface area contributed by atoms with Crippen LogP contribution in [0.4, 0.5) is 0 Å². The molecule has 17 heavy (non-hydrogen) atoms. The van der Waals surface area contributed by atoms with Crippen molar-refractivity contribution in [3.05, 3.63) is 40.3 Å². The van der Waals surface area contributed by atoms with E-state index in [0.29, 0.717) is 6.54 Å². The lowest BCUT2D eigenvalue weighted by Crippen LogP contribution is -2.10. The second kappa shape index (κ2) is 5.02. The number of benzene rings is 1. The molecule has 3 nitrogen and oxygen atoms in total. The average molecular weight is 294 g/mol. The number of nitrogens with one attached hydrogen (secondary N) is 1. The summed E-state index contributed by atoms with van der Waals surface area (Å²) < 4.78 is 1.06. The minimum Gasteiger partial charge on any atom is -0.345 e. The highest BCUT2D eigenvalue weighted by atomic mass is 79.9. The Bertz CT molecular complexity index is 519. The fraction of sp³-hybridized carbons (Fsp3) is 0.308. The number of nitrogens with zero attached hydrogens (tertiary/aromatic N) is 1. The Morgan fingerprint density at radius 1 is 1.41 bits per heavy atom. The van der Waals surface area contributed by atoms with Crippen LogP contribution in [0.15, 0.2) is 28.7 Å². The van der Waals surface area contributed by atoms with Crippen LogP contribution >= 0.6 is 15.9 Å². The molecule has 0 aliphatic heterocycles. The predicted molar refractivity (Wildman–Crippen MR) is 73.9 cm³/mol. The maximum atomic E-state index is 5.66. The standard InChI is InChI=1S/C13H16BrN3/c1-8(7-15)13-16-9(2)12(17-13)10-5-3-4-6-11(10)14/h3-6,8H,7,15H2,1-2H3,(H,16,17). The van der Waals surface area contributed by atoms with Crippen LogP contribution in [-0.2, 0) is 0 Å². The SMILES string of the molecule is Cc1[nH]c(C(C)CN)nc1-c1ccccc1Br. The number of imidazole rings is 1. The van der Waals surface area contributed by atoms with E-state index in [1.807, 2.05) is 25.1 Å². The molecule has 1 aromatic carbocycles. The van der Waals surface area contributed by atoms with Gasteiger partial charge in [0.15, 0.2) is 0 Å². The molecule has 0 aliphatic carbocycles. The van der Waals surface area contributed by atoms with Gasteiger partial charge in [-0.3, -0.25) is 0 Å². The van der Waals surface area contributed by atoms with Crippen molar-refractivity contribution < 1.29 is 0 Å². The minimum atomic E-state index is 0.255. The highest BCUT2D eigenvalue weighted by molar-refractivity contribution is 9.10. The molecule has 0 saturated carbocycles. The molecule has 1 atom stereocenters. The number of H-pyrrole nitrogens is 1. The second-order valence-electron chi connectivity index (χ2n) is 4.21. The average Bonchev–Trinajstić information content (AvgIpc) is 2.71. The molecule has 0 saturated heterocycles. The maximum Gasteiger partial charge on any atom is 0.111 e. The van der Waals surface area contributed by atoms with Crippen molar-refractivity contribution in [2.45, 2.75) is 19.8 Å². The van der Waals surface area contributed by atoms with E-state index in [1.54, 1.807) is 0 Å². The lowest BCUT2D eigenvalue weighted by Gasteiger charge is -2.03. The van der Waals surface area contributed by atoms with Gasteiger partial charge in [-0.05, 0) is 13.0 Å². The first-order chi connectivity index (χ1) is 8.13. The summed E-state index contributed by atoms with van der Waals surface area (Å²) in [7, 11) is 0. The van der Waals surface area contributed by atoms with Crippen LogP contribution in [0.2, 0.25) is 0 Å². The highest BCUT2D eigenvalue weighted by Gasteiger charge is 2.14. The van der Waals surface area contributed by atoms with Gasteiger partial charge >= 0.3 is 0 Å². The van der Waals surface area contributed by atoms with E-state index in [4.69, 9.17) is 5.73 Å². The third-order valence-electron chi connectivity index (χ3n) is 2.85. The number of hydrogen-bond acceptors (Lipinski definition) is 2. The van der Waals surface area contributed by atoms with Crippen molar-refractivity contribution in [2.24, 2.45) is 5.73 Å². The largest absolute Gasteiger partial charge is 0.345 e. The zero-order valence-electron chi connectivity index (χ0n) is 10.00. The number of aryl methyl sites for hydroxylation is 1. The van der Waals surface area contributed by atoms with Gasteiger partial charge in [-0.25, -0.2) is 4.98 Å². The fourth-order valence-corrected chi connectivity index (χ4v) is 2.22. The molecule has 3 N–H and O–H groups in total. The van der Waals surface area contributed by atoms with E-state index in [9.17, 15) is 0 Å². The van der Waals surface area contributed by atoms with E-state index in [2.05, 4.69) is 38.9 Å². The van der Waals surface area contributed by atoms with E-state index in [-0.39, 0.29) is 5.92 Å². The lowest BCUT2D eigenvalue weighted by molar-refractivity contribution is 0.723. The van der Waals surface area contributed by atoms with Crippen LogP contribution in [0.1, 0.15) is 24.4 Å². The molecule has 1 aromatic heterocycles. The van der Waals surface area contributed by atoms with Gasteiger partial charge in [0.2, 0.25) is 0 Å². The summed E-state index contributed by atoms with van der Waals surface area (Å²) in [6.07, 6.45) is 0. The molecule has 1 unspecified atom stereocenters. The van der Waals surface area contributed by atoms with Gasteiger partial charge in [0.1, 0.15) is 5.82 Å². The van der Waals surface area contributed by atoms with Crippen LogP contribution in [-0.4, -0.2) is 16.5 Å². The monoisotopic (exact) mass is 293 g/mol. The summed E-state index contributed by atoms with van der Waals surface area (Å²) in [5.74, 6) is 1.21. The molecule has 0 bridgehead atoms. The molecule has 0 fully saturated rings. The van der Waals surface area contributed by atoms with Crippen LogP contribution in [0.3, 0.4) is 0 Å². The molecular formula is C13H16BrN3. The number of rotatable bonds is 3. The van der Waals surface area contributed by atoms with Gasteiger partial charge in [0, 0.05) is 28.2 Å². The maximum absolute atomic E-state index is 5.66. The quantitative estimate of drug-likeness (QED) is 0.913. The van der Waals surface area contributed by atoms with Gasteiger partial charge in [-0.2, -0.15) is 0 Å². The van der Waals surface area contributed by atoms with Crippen molar-refractivity contribution in [1.82, 2.24) is 9.97 Å². The van der Waals surface area contributed by atoms with E-state index < -0.39 is 0 Å². The first-order valence-corrected chi connectivity index (χ1v) is 6.44. The molecule has 0 amide bonds. The van der Waals surface area contributed by atoms with Crippen molar-refractivity contribution in [2.75, 3.05) is 6.54 Å². The van der Waals surface area contributed by atoms with Gasteiger partial charge in [0.25, 0.3) is 0 Å². The second-order valence-corrected chi connectivity index (χ2v) is 5.07. The van der Waals surface area contributed by atoms with Crippen molar-refractivity contribution in [3.63, 3.8) is 0 Å². The van der Waals surface area contributed by atoms with E-state index >= 15 is 0 Å². The summed E-state index contributed by atoms with van der Waals surface area (Å²) in [5, 5.41) is 0. The van der Waals surface area contributed by atoms with Gasteiger partial charge in [-0.1, -0.05) is 41.1 Å². The first kappa shape index (κ1) is 12.3. The van der Waals surface area contributed by atoms with Gasteiger partial charge < -0.3 is 10.7 Å². The molecule has 2 aromatic rings. The zero-order valence-corrected chi connectivity index (χ0v) is 11.6. The van der Waals surface area contributed by atoms with Crippen molar-refractivity contribution in [3.8, 4) is 11.3 Å². The summed E-state index contributed by atoms with van der Waals surface area (Å²) in [4.78, 5) is 7.96. The Labute approximate surface area is 110 Å². The van der Waals surface area contributed by atoms with Crippen molar-refractivity contribution in [1.29, 1.82) is 0 Å². The highest BCUT2D eigenvalue weighted by Crippen LogP contribution is 2.29. The summed E-state index contributed by atoms with van der Waals surface area (Å²) in [5.41, 5.74) is 8.84. The molecule has 0 radical (unpaired) electrons. The molecule has 0 spiro atoms. The third kappa shape index (κ3) is 2.42. The molecule has 1 heterocycles. The zero-order chi connectivity index (χ0) is 12.4. The van der Waals surface area contributed by atoms with Gasteiger partial charge in [-0.15, -0.1) is 0 Å². The number of nitrogens with two attached hydrogens (primary N) is 1. The van der Waals surface area contributed by atoms with E-state index in [0.717, 1.165) is 27.2 Å². The van der Waals surface area contributed by atoms with Crippen LogP contribution in [0.25, 0.3) is 11.3 Å². The molecule has 0 aliphatic rings. The number of aromatic nitrogens is 2. The van der Waals surface area contributed by atoms with Crippen LogP contribution < -0.4 is 5.73 Å². The lowest BCUT2D eigenvalue weighted by atomic mass is 10.1. The third-order valence-corrected chi connectivity index (χ3v) is 3.54. The normalized spacial score (nSPS) is 12.7. The van der Waals surface area contributed by atoms with Crippen LogP contribution in [0.5, 0.6) is 0 Å². The van der Waals surface area contributed by atoms with Crippen LogP contribution in [0, 0.1) is 6.92 Å². The Morgan fingerprint density at radius 3 is 2.76 bits per heavy atom. The molecule has 2 rings (SSSR count).